The average Bonchev–Trinajstić information content (AvgIpc) is 3.22. The summed E-state index contributed by atoms with van der Waals surface area (Å²) >= 11 is 6.86. The van der Waals surface area contributed by atoms with E-state index in [1.807, 2.05) is 25.2 Å². The molecule has 0 atom stereocenters. The van der Waals surface area contributed by atoms with Gasteiger partial charge in [0.25, 0.3) is 11.8 Å². The number of carbonyl (C=O) groups excluding carboxylic acids is 2. The van der Waals surface area contributed by atoms with Gasteiger partial charge in [-0.1, -0.05) is 59.3 Å². The average molecular weight is 444 g/mol. The number of rotatable bonds is 9. The SMILES string of the molecule is CN(CCCNC(=O)c1nnc(C(=O)Nc2cccc(Cl)c2)s1)Cc1ccccc1. The third-order valence-corrected chi connectivity index (χ3v) is 5.35. The van der Waals surface area contributed by atoms with Crippen molar-refractivity contribution >= 4 is 40.4 Å². The molecule has 3 rings (SSSR count). The molecule has 9 heteroatoms. The molecule has 0 saturated carbocycles. The smallest absolute Gasteiger partial charge is 0.286 e. The number of halogens is 1. The molecule has 7 nitrogen and oxygen atoms in total. The van der Waals surface area contributed by atoms with Crippen LogP contribution in [0.3, 0.4) is 0 Å². The monoisotopic (exact) mass is 443 g/mol. The lowest BCUT2D eigenvalue weighted by molar-refractivity contribution is 0.0949. The molecule has 0 fully saturated rings. The summed E-state index contributed by atoms with van der Waals surface area (Å²) in [6.07, 6.45) is 0.802. The van der Waals surface area contributed by atoms with Crippen LogP contribution in [0.25, 0.3) is 0 Å². The van der Waals surface area contributed by atoms with E-state index in [2.05, 4.69) is 37.9 Å². The topological polar surface area (TPSA) is 87.2 Å². The van der Waals surface area contributed by atoms with Gasteiger partial charge in [0.05, 0.1) is 0 Å². The van der Waals surface area contributed by atoms with E-state index in [0.29, 0.717) is 17.3 Å². The zero-order valence-electron chi connectivity index (χ0n) is 16.5. The third kappa shape index (κ3) is 6.62. The summed E-state index contributed by atoms with van der Waals surface area (Å²) < 4.78 is 0. The van der Waals surface area contributed by atoms with E-state index in [1.54, 1.807) is 24.3 Å². The van der Waals surface area contributed by atoms with Crippen LogP contribution < -0.4 is 10.6 Å². The van der Waals surface area contributed by atoms with Gasteiger partial charge in [0.15, 0.2) is 0 Å². The molecule has 2 amide bonds. The highest BCUT2D eigenvalue weighted by Crippen LogP contribution is 2.17. The fourth-order valence-electron chi connectivity index (χ4n) is 2.76. The molecule has 156 valence electrons. The maximum Gasteiger partial charge on any atom is 0.286 e. The summed E-state index contributed by atoms with van der Waals surface area (Å²) in [6.45, 7) is 2.22. The predicted molar refractivity (Wildman–Crippen MR) is 119 cm³/mol. The van der Waals surface area contributed by atoms with Crippen LogP contribution in [0.15, 0.2) is 54.6 Å². The zero-order valence-corrected chi connectivity index (χ0v) is 18.0. The van der Waals surface area contributed by atoms with Crippen LogP contribution in [-0.4, -0.2) is 47.0 Å². The lowest BCUT2D eigenvalue weighted by Gasteiger charge is -2.16. The number of amides is 2. The van der Waals surface area contributed by atoms with E-state index in [1.165, 1.54) is 5.56 Å². The Morgan fingerprint density at radius 1 is 1.03 bits per heavy atom. The van der Waals surface area contributed by atoms with Gasteiger partial charge in [-0.05, 0) is 43.8 Å². The standard InChI is InChI=1S/C21H22ClN5O2S/c1-27(14-15-7-3-2-4-8-15)12-6-11-23-18(28)20-25-26-21(30-20)19(29)24-17-10-5-9-16(22)13-17/h2-5,7-10,13H,6,11-12,14H2,1H3,(H,23,28)(H,24,29). The lowest BCUT2D eigenvalue weighted by atomic mass is 10.2. The van der Waals surface area contributed by atoms with Crippen LogP contribution in [0.2, 0.25) is 5.02 Å². The van der Waals surface area contributed by atoms with E-state index in [-0.39, 0.29) is 15.9 Å². The molecule has 0 bridgehead atoms. The number of benzene rings is 2. The first-order chi connectivity index (χ1) is 14.5. The van der Waals surface area contributed by atoms with Gasteiger partial charge < -0.3 is 15.5 Å². The molecule has 1 heterocycles. The Morgan fingerprint density at radius 3 is 2.50 bits per heavy atom. The van der Waals surface area contributed by atoms with E-state index >= 15 is 0 Å². The minimum absolute atomic E-state index is 0.114. The fourth-order valence-corrected chi connectivity index (χ4v) is 3.60. The second kappa shape index (κ2) is 10.8. The molecular weight excluding hydrogens is 422 g/mol. The van der Waals surface area contributed by atoms with Crippen molar-refractivity contribution < 1.29 is 9.59 Å². The van der Waals surface area contributed by atoms with E-state index in [4.69, 9.17) is 11.6 Å². The molecule has 0 radical (unpaired) electrons. The van der Waals surface area contributed by atoms with Crippen molar-refractivity contribution in [2.75, 3.05) is 25.5 Å². The maximum atomic E-state index is 12.3. The molecule has 0 saturated heterocycles. The van der Waals surface area contributed by atoms with Crippen LogP contribution in [-0.2, 0) is 6.54 Å². The molecular formula is C21H22ClN5O2S. The summed E-state index contributed by atoms with van der Waals surface area (Å²) in [6, 6.07) is 17.0. The molecule has 30 heavy (non-hydrogen) atoms. The molecule has 0 spiro atoms. The summed E-state index contributed by atoms with van der Waals surface area (Å²) in [5.74, 6) is -0.767. The Bertz CT molecular complexity index is 996. The Kier molecular flexibility index (Phi) is 7.89. The minimum Gasteiger partial charge on any atom is -0.350 e. The van der Waals surface area contributed by atoms with Crippen molar-refractivity contribution in [3.63, 3.8) is 0 Å². The lowest BCUT2D eigenvalue weighted by Crippen LogP contribution is -2.28. The fraction of sp³-hybridized carbons (Fsp3) is 0.238. The number of nitrogens with one attached hydrogen (secondary N) is 2. The first-order valence-electron chi connectivity index (χ1n) is 9.42. The third-order valence-electron chi connectivity index (χ3n) is 4.19. The highest BCUT2D eigenvalue weighted by atomic mass is 35.5. The summed E-state index contributed by atoms with van der Waals surface area (Å²) in [5.41, 5.74) is 1.80. The van der Waals surface area contributed by atoms with E-state index in [9.17, 15) is 9.59 Å². The zero-order chi connectivity index (χ0) is 21.3. The molecule has 0 aliphatic rings. The van der Waals surface area contributed by atoms with Gasteiger partial charge in [0.2, 0.25) is 10.0 Å². The number of aromatic nitrogens is 2. The number of hydrogen-bond acceptors (Lipinski definition) is 6. The molecule has 2 N–H and O–H groups in total. The maximum absolute atomic E-state index is 12.3. The first kappa shape index (κ1) is 21.9. The molecule has 0 aliphatic heterocycles. The van der Waals surface area contributed by atoms with Gasteiger partial charge >= 0.3 is 0 Å². The predicted octanol–water partition coefficient (Wildman–Crippen LogP) is 3.70. The first-order valence-corrected chi connectivity index (χ1v) is 10.6. The minimum atomic E-state index is -0.434. The van der Waals surface area contributed by atoms with Crippen LogP contribution >= 0.6 is 22.9 Å². The van der Waals surface area contributed by atoms with Crippen molar-refractivity contribution in [1.82, 2.24) is 20.4 Å². The molecule has 3 aromatic rings. The van der Waals surface area contributed by atoms with Crippen molar-refractivity contribution in [1.29, 1.82) is 0 Å². The summed E-state index contributed by atoms with van der Waals surface area (Å²) in [5, 5.41) is 13.9. The Labute approximate surface area is 184 Å². The second-order valence-corrected chi connectivity index (χ2v) is 8.12. The van der Waals surface area contributed by atoms with Crippen LogP contribution in [0.1, 0.15) is 31.6 Å². The second-order valence-electron chi connectivity index (χ2n) is 6.71. The van der Waals surface area contributed by atoms with Crippen LogP contribution in [0.4, 0.5) is 5.69 Å². The van der Waals surface area contributed by atoms with Crippen LogP contribution in [0, 0.1) is 0 Å². The van der Waals surface area contributed by atoms with Crippen molar-refractivity contribution in [3.8, 4) is 0 Å². The van der Waals surface area contributed by atoms with Gasteiger partial charge in [0, 0.05) is 23.8 Å². The number of anilines is 1. The summed E-state index contributed by atoms with van der Waals surface area (Å²) in [4.78, 5) is 26.7. The van der Waals surface area contributed by atoms with Gasteiger partial charge in [-0.15, -0.1) is 10.2 Å². The van der Waals surface area contributed by atoms with Crippen molar-refractivity contribution in [2.24, 2.45) is 0 Å². The molecule has 0 unspecified atom stereocenters. The highest BCUT2D eigenvalue weighted by molar-refractivity contribution is 7.15. The quantitative estimate of drug-likeness (QED) is 0.492. The molecule has 2 aromatic carbocycles. The normalized spacial score (nSPS) is 10.8. The van der Waals surface area contributed by atoms with Gasteiger partial charge in [-0.25, -0.2) is 0 Å². The van der Waals surface area contributed by atoms with Gasteiger partial charge in [-0.3, -0.25) is 9.59 Å². The Hall–Kier alpha value is -2.81. The van der Waals surface area contributed by atoms with Crippen LogP contribution in [0.5, 0.6) is 0 Å². The molecule has 1 aromatic heterocycles. The summed E-state index contributed by atoms with van der Waals surface area (Å²) in [7, 11) is 2.05. The van der Waals surface area contributed by atoms with Crippen molar-refractivity contribution in [2.45, 2.75) is 13.0 Å². The highest BCUT2D eigenvalue weighted by Gasteiger charge is 2.17. The number of hydrogen-bond donors (Lipinski definition) is 2. The van der Waals surface area contributed by atoms with E-state index in [0.717, 1.165) is 30.8 Å². The Morgan fingerprint density at radius 2 is 1.77 bits per heavy atom. The Balaban J connectivity index is 1.41. The van der Waals surface area contributed by atoms with Crippen molar-refractivity contribution in [3.05, 3.63) is 75.2 Å². The van der Waals surface area contributed by atoms with E-state index < -0.39 is 5.91 Å². The van der Waals surface area contributed by atoms with Gasteiger partial charge in [-0.2, -0.15) is 0 Å². The number of nitrogens with zero attached hydrogens (tertiary/aromatic N) is 3. The molecule has 0 aliphatic carbocycles. The number of carbonyl (C=O) groups is 2. The largest absolute Gasteiger partial charge is 0.350 e. The van der Waals surface area contributed by atoms with Gasteiger partial charge in [0.1, 0.15) is 0 Å².